The van der Waals surface area contributed by atoms with Gasteiger partial charge in [-0.15, -0.1) is 0 Å². The number of benzene rings is 2. The van der Waals surface area contributed by atoms with Crippen LogP contribution < -0.4 is 14.8 Å². The van der Waals surface area contributed by atoms with Crippen molar-refractivity contribution in [3.63, 3.8) is 0 Å². The molecule has 0 fully saturated rings. The number of carbonyl (C=O) groups excluding carboxylic acids is 1. The molecule has 1 N–H and O–H groups in total. The Kier molecular flexibility index (Phi) is 5.18. The first-order valence-corrected chi connectivity index (χ1v) is 11.0. The number of nitrogens with one attached hydrogen (secondary N) is 1. The monoisotopic (exact) mass is 416 g/mol. The van der Waals surface area contributed by atoms with Gasteiger partial charge in [-0.2, -0.15) is 0 Å². The van der Waals surface area contributed by atoms with Crippen LogP contribution in [0.4, 0.5) is 0 Å². The summed E-state index contributed by atoms with van der Waals surface area (Å²) in [5.41, 5.74) is 8.10. The highest BCUT2D eigenvalue weighted by atomic mass is 16.7. The van der Waals surface area contributed by atoms with E-state index in [2.05, 4.69) is 48.0 Å². The summed E-state index contributed by atoms with van der Waals surface area (Å²) >= 11 is 0. The maximum Gasteiger partial charge on any atom is 0.268 e. The minimum absolute atomic E-state index is 0.0165. The second-order valence-corrected chi connectivity index (χ2v) is 8.55. The number of hydrogen-bond acceptors (Lipinski definition) is 3. The summed E-state index contributed by atoms with van der Waals surface area (Å²) in [6, 6.07) is 14.4. The molecule has 2 aliphatic rings. The van der Waals surface area contributed by atoms with Crippen molar-refractivity contribution in [3.05, 3.63) is 81.7 Å². The SMILES string of the molecule is Cc1cccc(Cn2c3c(c(C)c2C(=O)NCc2ccc4c(c2)OCO4)CCCC3)c1. The van der Waals surface area contributed by atoms with Crippen LogP contribution >= 0.6 is 0 Å². The van der Waals surface area contributed by atoms with E-state index in [1.54, 1.807) is 0 Å². The average Bonchev–Trinajstić information content (AvgIpc) is 3.35. The van der Waals surface area contributed by atoms with E-state index in [0.29, 0.717) is 6.54 Å². The fraction of sp³-hybridized carbons (Fsp3) is 0.346. The zero-order valence-electron chi connectivity index (χ0n) is 18.2. The molecule has 31 heavy (non-hydrogen) atoms. The highest BCUT2D eigenvalue weighted by Gasteiger charge is 2.26. The van der Waals surface area contributed by atoms with Gasteiger partial charge >= 0.3 is 0 Å². The van der Waals surface area contributed by atoms with Crippen molar-refractivity contribution in [1.29, 1.82) is 0 Å². The van der Waals surface area contributed by atoms with E-state index in [4.69, 9.17) is 9.47 Å². The molecule has 160 valence electrons. The molecule has 0 spiro atoms. The van der Waals surface area contributed by atoms with Gasteiger partial charge in [-0.1, -0.05) is 35.9 Å². The third kappa shape index (κ3) is 3.80. The molecular weight excluding hydrogens is 388 g/mol. The third-order valence-electron chi connectivity index (χ3n) is 6.37. The number of nitrogens with zero attached hydrogens (tertiary/aromatic N) is 1. The maximum atomic E-state index is 13.4. The molecule has 5 heteroatoms. The molecule has 2 heterocycles. The molecule has 0 radical (unpaired) electrons. The van der Waals surface area contributed by atoms with Gasteiger partial charge in [-0.25, -0.2) is 0 Å². The van der Waals surface area contributed by atoms with Crippen molar-refractivity contribution in [1.82, 2.24) is 9.88 Å². The van der Waals surface area contributed by atoms with Crippen LogP contribution in [0.2, 0.25) is 0 Å². The lowest BCUT2D eigenvalue weighted by Gasteiger charge is -2.17. The summed E-state index contributed by atoms with van der Waals surface area (Å²) < 4.78 is 13.1. The number of aromatic nitrogens is 1. The van der Waals surface area contributed by atoms with Gasteiger partial charge in [0.05, 0.1) is 0 Å². The molecule has 1 amide bonds. The Bertz CT molecular complexity index is 1150. The van der Waals surface area contributed by atoms with Crippen LogP contribution in [0.25, 0.3) is 0 Å². The molecule has 1 aliphatic carbocycles. The van der Waals surface area contributed by atoms with Crippen LogP contribution in [-0.4, -0.2) is 17.3 Å². The molecule has 0 saturated carbocycles. The van der Waals surface area contributed by atoms with Gasteiger partial charge in [-0.05, 0) is 73.9 Å². The van der Waals surface area contributed by atoms with Crippen LogP contribution in [0.5, 0.6) is 11.5 Å². The lowest BCUT2D eigenvalue weighted by Crippen LogP contribution is -2.27. The lowest BCUT2D eigenvalue weighted by molar-refractivity contribution is 0.0941. The van der Waals surface area contributed by atoms with Gasteiger partial charge in [0.15, 0.2) is 11.5 Å². The molecule has 5 nitrogen and oxygen atoms in total. The largest absolute Gasteiger partial charge is 0.454 e. The van der Waals surface area contributed by atoms with Crippen LogP contribution in [0, 0.1) is 13.8 Å². The number of ether oxygens (including phenoxy) is 2. The lowest BCUT2D eigenvalue weighted by atomic mass is 9.95. The Morgan fingerprint density at radius 2 is 1.84 bits per heavy atom. The molecule has 3 aromatic rings. The van der Waals surface area contributed by atoms with Crippen LogP contribution in [0.1, 0.15) is 56.8 Å². The predicted octanol–water partition coefficient (Wildman–Crippen LogP) is 4.69. The fourth-order valence-corrected chi connectivity index (χ4v) is 4.85. The smallest absolute Gasteiger partial charge is 0.268 e. The zero-order chi connectivity index (χ0) is 21.4. The van der Waals surface area contributed by atoms with E-state index in [0.717, 1.165) is 47.7 Å². The highest BCUT2D eigenvalue weighted by Crippen LogP contribution is 2.33. The number of hydrogen-bond donors (Lipinski definition) is 1. The van der Waals surface area contributed by atoms with Crippen LogP contribution in [0.3, 0.4) is 0 Å². The summed E-state index contributed by atoms with van der Waals surface area (Å²) in [6.45, 7) is 5.65. The fourth-order valence-electron chi connectivity index (χ4n) is 4.85. The van der Waals surface area contributed by atoms with Crippen molar-refractivity contribution in [2.24, 2.45) is 0 Å². The minimum atomic E-state index is -0.0165. The van der Waals surface area contributed by atoms with E-state index in [9.17, 15) is 4.79 Å². The molecule has 0 atom stereocenters. The van der Waals surface area contributed by atoms with E-state index in [1.807, 2.05) is 18.2 Å². The van der Waals surface area contributed by atoms with E-state index in [1.165, 1.54) is 35.2 Å². The summed E-state index contributed by atoms with van der Waals surface area (Å²) in [5.74, 6) is 1.48. The number of amides is 1. The number of fused-ring (bicyclic) bond motifs is 2. The molecule has 5 rings (SSSR count). The van der Waals surface area contributed by atoms with Crippen LogP contribution in [0.15, 0.2) is 42.5 Å². The number of rotatable bonds is 5. The topological polar surface area (TPSA) is 52.5 Å². The van der Waals surface area contributed by atoms with Gasteiger partial charge in [0.1, 0.15) is 5.69 Å². The second kappa shape index (κ2) is 8.14. The number of aryl methyl sites for hydroxylation is 1. The number of carbonyl (C=O) groups is 1. The van der Waals surface area contributed by atoms with Crippen molar-refractivity contribution in [2.75, 3.05) is 6.79 Å². The Hall–Kier alpha value is -3.21. The Balaban J connectivity index is 1.43. The molecular formula is C26H28N2O3. The Labute approximate surface area is 183 Å². The Morgan fingerprint density at radius 3 is 2.71 bits per heavy atom. The summed E-state index contributed by atoms with van der Waals surface area (Å²) in [4.78, 5) is 13.4. The molecule has 1 aromatic heterocycles. The zero-order valence-corrected chi connectivity index (χ0v) is 18.2. The van der Waals surface area contributed by atoms with Crippen molar-refractivity contribution in [3.8, 4) is 11.5 Å². The highest BCUT2D eigenvalue weighted by molar-refractivity contribution is 5.95. The third-order valence-corrected chi connectivity index (χ3v) is 6.37. The molecule has 0 saturated heterocycles. The molecule has 0 unspecified atom stereocenters. The maximum absolute atomic E-state index is 13.4. The Morgan fingerprint density at radius 1 is 1.00 bits per heavy atom. The summed E-state index contributed by atoms with van der Waals surface area (Å²) in [6.07, 6.45) is 4.48. The first-order chi connectivity index (χ1) is 15.1. The van der Waals surface area contributed by atoms with E-state index >= 15 is 0 Å². The first-order valence-electron chi connectivity index (χ1n) is 11.0. The predicted molar refractivity (Wildman–Crippen MR) is 120 cm³/mol. The van der Waals surface area contributed by atoms with Gasteiger partial charge < -0.3 is 19.4 Å². The van der Waals surface area contributed by atoms with Gasteiger partial charge in [0.25, 0.3) is 5.91 Å². The van der Waals surface area contributed by atoms with Crippen LogP contribution in [-0.2, 0) is 25.9 Å². The molecule has 2 aromatic carbocycles. The van der Waals surface area contributed by atoms with Crippen molar-refractivity contribution >= 4 is 5.91 Å². The summed E-state index contributed by atoms with van der Waals surface area (Å²) in [5, 5.41) is 3.14. The molecule has 0 bridgehead atoms. The minimum Gasteiger partial charge on any atom is -0.454 e. The standard InChI is InChI=1S/C26H28N2O3/c1-17-6-5-7-20(12-17)15-28-22-9-4-3-8-21(22)18(2)25(28)26(29)27-14-19-10-11-23-24(13-19)31-16-30-23/h5-7,10-13H,3-4,8-9,14-16H2,1-2H3,(H,27,29). The normalized spacial score (nSPS) is 14.4. The van der Waals surface area contributed by atoms with Crippen molar-refractivity contribution < 1.29 is 14.3 Å². The summed E-state index contributed by atoms with van der Waals surface area (Å²) in [7, 11) is 0. The first kappa shape index (κ1) is 19.7. The van der Waals surface area contributed by atoms with Gasteiger partial charge in [0.2, 0.25) is 6.79 Å². The van der Waals surface area contributed by atoms with E-state index < -0.39 is 0 Å². The van der Waals surface area contributed by atoms with Crippen molar-refractivity contribution in [2.45, 2.75) is 52.6 Å². The average molecular weight is 417 g/mol. The van der Waals surface area contributed by atoms with Gasteiger partial charge in [0, 0.05) is 18.8 Å². The molecule has 1 aliphatic heterocycles. The van der Waals surface area contributed by atoms with Gasteiger partial charge in [-0.3, -0.25) is 4.79 Å². The second-order valence-electron chi connectivity index (χ2n) is 8.55. The van der Waals surface area contributed by atoms with E-state index in [-0.39, 0.29) is 12.7 Å². The quantitative estimate of drug-likeness (QED) is 0.656.